The van der Waals surface area contributed by atoms with Crippen molar-refractivity contribution in [3.63, 3.8) is 0 Å². The molecule has 0 amide bonds. The average Bonchev–Trinajstić information content (AvgIpc) is 2.50. The fourth-order valence-corrected chi connectivity index (χ4v) is 1.27. The van der Waals surface area contributed by atoms with Gasteiger partial charge in [0.15, 0.2) is 12.4 Å². The smallest absolute Gasteiger partial charge is 0.334 e. The number of hydrogen-bond acceptors (Lipinski definition) is 4. The number of hydrogen-bond donors (Lipinski definition) is 0. The molecule has 0 spiro atoms. The molecule has 0 radical (unpaired) electrons. The van der Waals surface area contributed by atoms with Gasteiger partial charge in [-0.3, -0.25) is 0 Å². The van der Waals surface area contributed by atoms with Gasteiger partial charge in [-0.15, -0.1) is 0 Å². The maximum atomic E-state index is 11.0. The second kappa shape index (κ2) is 4.58. The molecule has 0 saturated carbocycles. The Morgan fingerprint density at radius 3 is 2.77 bits per heavy atom. The predicted molar refractivity (Wildman–Crippen MR) is 46.1 cm³/mol. The molecule has 1 rings (SSSR count). The fraction of sp³-hybridized carbons (Fsp3) is 0.889. The Morgan fingerprint density at radius 1 is 1.62 bits per heavy atom. The molecule has 4 heteroatoms. The van der Waals surface area contributed by atoms with E-state index in [1.54, 1.807) is 6.92 Å². The van der Waals surface area contributed by atoms with Crippen LogP contribution in [-0.4, -0.2) is 32.1 Å². The summed E-state index contributed by atoms with van der Waals surface area (Å²) in [6.07, 6.45) is 0.183. The minimum absolute atomic E-state index is 0.255. The van der Waals surface area contributed by atoms with E-state index in [0.29, 0.717) is 12.5 Å². The molecule has 0 unspecified atom stereocenters. The number of esters is 1. The van der Waals surface area contributed by atoms with Gasteiger partial charge in [-0.1, -0.05) is 6.92 Å². The Balaban J connectivity index is 2.34. The van der Waals surface area contributed by atoms with E-state index in [1.807, 2.05) is 6.92 Å². The molecular weight excluding hydrogens is 172 g/mol. The zero-order valence-electron chi connectivity index (χ0n) is 8.28. The van der Waals surface area contributed by atoms with Crippen LogP contribution in [0.15, 0.2) is 0 Å². The minimum Gasteiger partial charge on any atom is -0.467 e. The monoisotopic (exact) mass is 188 g/mol. The van der Waals surface area contributed by atoms with Crippen LogP contribution in [-0.2, 0) is 19.0 Å². The molecule has 1 heterocycles. The van der Waals surface area contributed by atoms with E-state index < -0.39 is 6.10 Å². The van der Waals surface area contributed by atoms with E-state index in [1.165, 1.54) is 7.11 Å². The quantitative estimate of drug-likeness (QED) is 0.618. The van der Waals surface area contributed by atoms with Crippen LogP contribution in [0.25, 0.3) is 0 Å². The summed E-state index contributed by atoms with van der Waals surface area (Å²) in [4.78, 5) is 11.0. The lowest BCUT2D eigenvalue weighted by Crippen LogP contribution is -2.30. The third kappa shape index (κ3) is 2.67. The Kier molecular flexibility index (Phi) is 3.69. The normalized spacial score (nSPS) is 30.1. The summed E-state index contributed by atoms with van der Waals surface area (Å²) in [6.45, 7) is 4.42. The number of carbonyl (C=O) groups is 1. The molecule has 0 aliphatic carbocycles. The van der Waals surface area contributed by atoms with Crippen LogP contribution in [0.4, 0.5) is 0 Å². The molecule has 0 bridgehead atoms. The summed E-state index contributed by atoms with van der Waals surface area (Å²) in [6, 6.07) is 0. The van der Waals surface area contributed by atoms with Crippen LogP contribution >= 0.6 is 0 Å². The van der Waals surface area contributed by atoms with Gasteiger partial charge in [-0.2, -0.15) is 0 Å². The standard InChI is InChI=1S/C9H16O4/c1-6-4-5-12-9(6)13-7(2)8(10)11-3/h6-7,9H,4-5H2,1-3H3/t6-,7+,9+/m1/s1. The Hall–Kier alpha value is -0.610. The molecule has 76 valence electrons. The fourth-order valence-electron chi connectivity index (χ4n) is 1.27. The predicted octanol–water partition coefficient (Wildman–Crippen LogP) is 0.947. The third-order valence-electron chi connectivity index (χ3n) is 2.19. The molecule has 0 aromatic heterocycles. The number of methoxy groups -OCH3 is 1. The van der Waals surface area contributed by atoms with Crippen LogP contribution in [0.2, 0.25) is 0 Å². The van der Waals surface area contributed by atoms with Crippen molar-refractivity contribution in [3.05, 3.63) is 0 Å². The first kappa shape index (κ1) is 10.5. The third-order valence-corrected chi connectivity index (χ3v) is 2.19. The van der Waals surface area contributed by atoms with Crippen LogP contribution < -0.4 is 0 Å². The van der Waals surface area contributed by atoms with Crippen molar-refractivity contribution >= 4 is 5.97 Å². The van der Waals surface area contributed by atoms with Crippen LogP contribution in [0.3, 0.4) is 0 Å². The lowest BCUT2D eigenvalue weighted by atomic mass is 10.1. The summed E-state index contributed by atoms with van der Waals surface area (Å²) in [5.41, 5.74) is 0. The average molecular weight is 188 g/mol. The first-order valence-electron chi connectivity index (χ1n) is 4.50. The molecule has 4 nitrogen and oxygen atoms in total. The lowest BCUT2D eigenvalue weighted by Gasteiger charge is -2.19. The van der Waals surface area contributed by atoms with Gasteiger partial charge in [0.2, 0.25) is 0 Å². The van der Waals surface area contributed by atoms with Crippen LogP contribution in [0.5, 0.6) is 0 Å². The zero-order valence-corrected chi connectivity index (χ0v) is 8.28. The van der Waals surface area contributed by atoms with Crippen molar-refractivity contribution in [1.82, 2.24) is 0 Å². The maximum absolute atomic E-state index is 11.0. The van der Waals surface area contributed by atoms with Gasteiger partial charge in [0.1, 0.15) is 0 Å². The van der Waals surface area contributed by atoms with E-state index in [4.69, 9.17) is 9.47 Å². The summed E-state index contributed by atoms with van der Waals surface area (Å²) in [7, 11) is 1.35. The highest BCUT2D eigenvalue weighted by molar-refractivity contribution is 5.73. The Bertz CT molecular complexity index is 180. The van der Waals surface area contributed by atoms with Crippen molar-refractivity contribution in [1.29, 1.82) is 0 Å². The van der Waals surface area contributed by atoms with E-state index in [0.717, 1.165) is 6.42 Å². The van der Waals surface area contributed by atoms with Crippen molar-refractivity contribution < 1.29 is 19.0 Å². The molecule has 1 fully saturated rings. The van der Waals surface area contributed by atoms with Crippen LogP contribution in [0, 0.1) is 5.92 Å². The Morgan fingerprint density at radius 2 is 2.31 bits per heavy atom. The lowest BCUT2D eigenvalue weighted by molar-refractivity contribution is -0.183. The molecule has 0 N–H and O–H groups in total. The minimum atomic E-state index is -0.546. The second-order valence-electron chi connectivity index (χ2n) is 3.31. The molecular formula is C9H16O4. The van der Waals surface area contributed by atoms with Crippen molar-refractivity contribution in [2.45, 2.75) is 32.7 Å². The van der Waals surface area contributed by atoms with Crippen molar-refractivity contribution in [3.8, 4) is 0 Å². The van der Waals surface area contributed by atoms with Gasteiger partial charge in [-0.05, 0) is 13.3 Å². The molecule has 1 aliphatic heterocycles. The summed E-state index contributed by atoms with van der Waals surface area (Å²) in [5.74, 6) is -0.00481. The first-order chi connectivity index (χ1) is 6.15. The maximum Gasteiger partial charge on any atom is 0.334 e. The summed E-state index contributed by atoms with van der Waals surface area (Å²) in [5, 5.41) is 0. The highest BCUT2D eigenvalue weighted by Gasteiger charge is 2.28. The van der Waals surface area contributed by atoms with Crippen LogP contribution in [0.1, 0.15) is 20.3 Å². The highest BCUT2D eigenvalue weighted by atomic mass is 16.7. The van der Waals surface area contributed by atoms with E-state index in [-0.39, 0.29) is 12.3 Å². The van der Waals surface area contributed by atoms with Crippen molar-refractivity contribution in [2.75, 3.05) is 13.7 Å². The van der Waals surface area contributed by atoms with Crippen molar-refractivity contribution in [2.24, 2.45) is 5.92 Å². The number of rotatable bonds is 3. The van der Waals surface area contributed by atoms with E-state index >= 15 is 0 Å². The SMILES string of the molecule is COC(=O)[C@H](C)O[C@@H]1OCC[C@H]1C. The summed E-state index contributed by atoms with van der Waals surface area (Å²) >= 11 is 0. The molecule has 1 aliphatic rings. The Labute approximate surface area is 78.2 Å². The molecule has 0 aromatic carbocycles. The van der Waals surface area contributed by atoms with Gasteiger partial charge >= 0.3 is 5.97 Å². The zero-order chi connectivity index (χ0) is 9.84. The summed E-state index contributed by atoms with van der Waals surface area (Å²) < 4.78 is 15.2. The second-order valence-corrected chi connectivity index (χ2v) is 3.31. The highest BCUT2D eigenvalue weighted by Crippen LogP contribution is 2.22. The largest absolute Gasteiger partial charge is 0.467 e. The van der Waals surface area contributed by atoms with E-state index in [2.05, 4.69) is 4.74 Å². The van der Waals surface area contributed by atoms with Gasteiger partial charge < -0.3 is 14.2 Å². The number of carbonyl (C=O) groups excluding carboxylic acids is 1. The van der Waals surface area contributed by atoms with Gasteiger partial charge in [-0.25, -0.2) is 4.79 Å². The first-order valence-corrected chi connectivity index (χ1v) is 4.50. The topological polar surface area (TPSA) is 44.8 Å². The van der Waals surface area contributed by atoms with Gasteiger partial charge in [0.05, 0.1) is 13.7 Å². The van der Waals surface area contributed by atoms with Gasteiger partial charge in [0, 0.05) is 5.92 Å². The van der Waals surface area contributed by atoms with Gasteiger partial charge in [0.25, 0.3) is 0 Å². The molecule has 1 saturated heterocycles. The molecule has 0 aromatic rings. The number of ether oxygens (including phenoxy) is 3. The molecule has 3 atom stereocenters. The van der Waals surface area contributed by atoms with E-state index in [9.17, 15) is 4.79 Å². The molecule has 13 heavy (non-hydrogen) atoms.